The number of hydrogen-bond acceptors (Lipinski definition) is 2. The van der Waals surface area contributed by atoms with Crippen molar-refractivity contribution in [2.45, 2.75) is 19.3 Å². The van der Waals surface area contributed by atoms with Crippen LogP contribution >= 0.6 is 15.9 Å². The van der Waals surface area contributed by atoms with Gasteiger partial charge < -0.3 is 9.88 Å². The Kier molecular flexibility index (Phi) is 5.62. The van der Waals surface area contributed by atoms with Crippen molar-refractivity contribution in [1.82, 2.24) is 9.88 Å². The van der Waals surface area contributed by atoms with Crippen molar-refractivity contribution in [3.05, 3.63) is 76.2 Å². The van der Waals surface area contributed by atoms with Crippen molar-refractivity contribution in [3.8, 4) is 0 Å². The van der Waals surface area contributed by atoms with Gasteiger partial charge in [-0.05, 0) is 42.3 Å². The van der Waals surface area contributed by atoms with E-state index in [9.17, 15) is 14.0 Å². The third-order valence-electron chi connectivity index (χ3n) is 5.28. The van der Waals surface area contributed by atoms with Crippen LogP contribution in [-0.2, 0) is 4.79 Å². The molecule has 0 radical (unpaired) electrons. The zero-order valence-corrected chi connectivity index (χ0v) is 17.3. The molecular formula is C23H20BrFN2O2. The third-order valence-corrected chi connectivity index (χ3v) is 5.81. The Labute approximate surface area is 176 Å². The van der Waals surface area contributed by atoms with Gasteiger partial charge in [0.05, 0.1) is 0 Å². The van der Waals surface area contributed by atoms with Crippen molar-refractivity contribution in [2.75, 3.05) is 13.1 Å². The molecule has 1 aliphatic rings. The fourth-order valence-electron chi connectivity index (χ4n) is 3.66. The lowest BCUT2D eigenvalue weighted by molar-refractivity contribution is -0.130. The Balaban J connectivity index is 1.36. The smallest absolute Gasteiger partial charge is 0.223 e. The number of hydrogen-bond donors (Lipinski definition) is 1. The van der Waals surface area contributed by atoms with Crippen molar-refractivity contribution in [3.63, 3.8) is 0 Å². The van der Waals surface area contributed by atoms with E-state index in [1.165, 1.54) is 12.1 Å². The highest BCUT2D eigenvalue weighted by Gasteiger charge is 2.20. The second kappa shape index (κ2) is 8.33. The van der Waals surface area contributed by atoms with E-state index in [0.29, 0.717) is 18.7 Å². The van der Waals surface area contributed by atoms with Gasteiger partial charge in [-0.1, -0.05) is 34.1 Å². The summed E-state index contributed by atoms with van der Waals surface area (Å²) in [4.78, 5) is 29.7. The molecule has 0 unspecified atom stereocenters. The zero-order valence-electron chi connectivity index (χ0n) is 15.8. The molecular weight excluding hydrogens is 435 g/mol. The van der Waals surface area contributed by atoms with E-state index in [4.69, 9.17) is 0 Å². The monoisotopic (exact) mass is 454 g/mol. The average molecular weight is 455 g/mol. The molecule has 1 N–H and O–H groups in total. The number of Topliss-reactive ketones (excluding diaryl/α,β-unsaturated/α-hetero) is 1. The number of benzene rings is 2. The summed E-state index contributed by atoms with van der Waals surface area (Å²) in [7, 11) is 0. The SMILES string of the molecule is O=C(CCC(=O)N1CC=C(c2c[nH]c3cc(F)ccc23)CC1)c1ccc(Br)cc1. The minimum atomic E-state index is -0.266. The molecule has 0 saturated heterocycles. The van der Waals surface area contributed by atoms with Gasteiger partial charge in [-0.25, -0.2) is 4.39 Å². The summed E-state index contributed by atoms with van der Waals surface area (Å²) < 4.78 is 14.3. The van der Waals surface area contributed by atoms with E-state index in [1.807, 2.05) is 24.4 Å². The number of H-pyrrole nitrogens is 1. The molecule has 0 saturated carbocycles. The summed E-state index contributed by atoms with van der Waals surface area (Å²) >= 11 is 3.35. The number of rotatable bonds is 5. The largest absolute Gasteiger partial charge is 0.360 e. The quantitative estimate of drug-likeness (QED) is 0.528. The summed E-state index contributed by atoms with van der Waals surface area (Å²) in [5.41, 5.74) is 3.60. The van der Waals surface area contributed by atoms with Crippen LogP contribution in [0.4, 0.5) is 4.39 Å². The fourth-order valence-corrected chi connectivity index (χ4v) is 3.93. The van der Waals surface area contributed by atoms with E-state index in [-0.39, 0.29) is 30.3 Å². The lowest BCUT2D eigenvalue weighted by Gasteiger charge is -2.26. The molecule has 148 valence electrons. The maximum Gasteiger partial charge on any atom is 0.223 e. The van der Waals surface area contributed by atoms with Gasteiger partial charge in [0.2, 0.25) is 5.91 Å². The predicted octanol–water partition coefficient (Wildman–Crippen LogP) is 5.35. The molecule has 2 heterocycles. The van der Waals surface area contributed by atoms with Gasteiger partial charge in [0, 0.05) is 58.6 Å². The molecule has 4 nitrogen and oxygen atoms in total. The van der Waals surface area contributed by atoms with Crippen LogP contribution in [-0.4, -0.2) is 34.7 Å². The summed E-state index contributed by atoms with van der Waals surface area (Å²) in [6, 6.07) is 11.9. The second-order valence-electron chi connectivity index (χ2n) is 7.14. The first-order valence-corrected chi connectivity index (χ1v) is 10.3. The number of nitrogens with zero attached hydrogens (tertiary/aromatic N) is 1. The Morgan fingerprint density at radius 3 is 2.62 bits per heavy atom. The molecule has 29 heavy (non-hydrogen) atoms. The minimum Gasteiger partial charge on any atom is -0.360 e. The van der Waals surface area contributed by atoms with Crippen LogP contribution < -0.4 is 0 Å². The third kappa shape index (κ3) is 4.32. The van der Waals surface area contributed by atoms with E-state index >= 15 is 0 Å². The van der Waals surface area contributed by atoms with E-state index in [0.717, 1.165) is 32.9 Å². The van der Waals surface area contributed by atoms with Gasteiger partial charge in [-0.15, -0.1) is 0 Å². The number of ketones is 1. The number of fused-ring (bicyclic) bond motifs is 1. The average Bonchev–Trinajstić information content (AvgIpc) is 3.15. The summed E-state index contributed by atoms with van der Waals surface area (Å²) in [5, 5.41) is 0.984. The molecule has 2 aromatic carbocycles. The normalized spacial score (nSPS) is 14.1. The molecule has 0 bridgehead atoms. The first-order chi connectivity index (χ1) is 14.0. The van der Waals surface area contributed by atoms with E-state index in [1.54, 1.807) is 23.1 Å². The number of amides is 1. The zero-order chi connectivity index (χ0) is 20.4. The molecule has 3 aromatic rings. The highest BCUT2D eigenvalue weighted by molar-refractivity contribution is 9.10. The van der Waals surface area contributed by atoms with Crippen molar-refractivity contribution >= 4 is 44.1 Å². The second-order valence-corrected chi connectivity index (χ2v) is 8.06. The molecule has 0 spiro atoms. The van der Waals surface area contributed by atoms with E-state index < -0.39 is 0 Å². The van der Waals surface area contributed by atoms with Gasteiger partial charge in [0.1, 0.15) is 5.82 Å². The predicted molar refractivity (Wildman–Crippen MR) is 115 cm³/mol. The van der Waals surface area contributed by atoms with Crippen molar-refractivity contribution < 1.29 is 14.0 Å². The van der Waals surface area contributed by atoms with Gasteiger partial charge in [0.15, 0.2) is 5.78 Å². The van der Waals surface area contributed by atoms with Gasteiger partial charge >= 0.3 is 0 Å². The molecule has 0 aliphatic carbocycles. The molecule has 1 aromatic heterocycles. The number of carbonyl (C=O) groups is 2. The van der Waals surface area contributed by atoms with Crippen LogP contribution in [0.5, 0.6) is 0 Å². The Morgan fingerprint density at radius 2 is 1.90 bits per heavy atom. The van der Waals surface area contributed by atoms with Crippen LogP contribution in [0, 0.1) is 5.82 Å². The molecule has 4 rings (SSSR count). The first kappa shape index (κ1) is 19.6. The Bertz CT molecular complexity index is 1100. The van der Waals surface area contributed by atoms with Gasteiger partial charge in [0.25, 0.3) is 0 Å². The van der Waals surface area contributed by atoms with Gasteiger partial charge in [-0.2, -0.15) is 0 Å². The maximum absolute atomic E-state index is 13.4. The maximum atomic E-state index is 13.4. The molecule has 0 fully saturated rings. The van der Waals surface area contributed by atoms with Crippen LogP contribution in [0.2, 0.25) is 0 Å². The standard InChI is InChI=1S/C23H20BrFN2O2/c24-17-3-1-16(2-4-17)22(28)7-8-23(29)27-11-9-15(10-12-27)20-14-26-21-13-18(25)5-6-19(20)21/h1-6,9,13-14,26H,7-8,10-12H2. The molecule has 1 aliphatic heterocycles. The molecule has 6 heteroatoms. The van der Waals surface area contributed by atoms with Crippen molar-refractivity contribution in [2.24, 2.45) is 0 Å². The fraction of sp³-hybridized carbons (Fsp3) is 0.217. The topological polar surface area (TPSA) is 53.2 Å². The summed E-state index contributed by atoms with van der Waals surface area (Å²) in [6.45, 7) is 1.14. The van der Waals surface area contributed by atoms with Crippen LogP contribution in [0.15, 0.2) is 59.2 Å². The number of aromatic amines is 1. The minimum absolute atomic E-state index is 0.00763. The molecule has 0 atom stereocenters. The van der Waals surface area contributed by atoms with Crippen LogP contribution in [0.3, 0.4) is 0 Å². The first-order valence-electron chi connectivity index (χ1n) is 9.54. The Morgan fingerprint density at radius 1 is 1.10 bits per heavy atom. The highest BCUT2D eigenvalue weighted by Crippen LogP contribution is 2.29. The van der Waals surface area contributed by atoms with E-state index in [2.05, 4.69) is 20.9 Å². The number of nitrogens with one attached hydrogen (secondary N) is 1. The van der Waals surface area contributed by atoms with Crippen LogP contribution in [0.1, 0.15) is 35.2 Å². The number of aromatic nitrogens is 1. The Hall–Kier alpha value is -2.73. The summed E-state index contributed by atoms with van der Waals surface area (Å²) in [6.07, 6.45) is 5.09. The number of halogens is 2. The van der Waals surface area contributed by atoms with Crippen LogP contribution in [0.25, 0.3) is 16.5 Å². The lowest BCUT2D eigenvalue weighted by atomic mass is 9.98. The highest BCUT2D eigenvalue weighted by atomic mass is 79.9. The van der Waals surface area contributed by atoms with Crippen molar-refractivity contribution in [1.29, 1.82) is 0 Å². The summed E-state index contributed by atoms with van der Waals surface area (Å²) in [5.74, 6) is -0.296. The lowest BCUT2D eigenvalue weighted by Crippen LogP contribution is -2.34. The molecule has 1 amide bonds. The number of carbonyl (C=O) groups excluding carboxylic acids is 2. The van der Waals surface area contributed by atoms with Gasteiger partial charge in [-0.3, -0.25) is 9.59 Å².